The molecule has 0 saturated heterocycles. The van der Waals surface area contributed by atoms with Crippen LogP contribution in [0.15, 0.2) is 107 Å². The molecule has 1 atom stereocenters. The third-order valence-corrected chi connectivity index (χ3v) is 13.3. The number of nitrogens with one attached hydrogen (secondary N) is 2. The molecule has 1 unspecified atom stereocenters. The molecule has 12 heteroatoms. The van der Waals surface area contributed by atoms with Crippen molar-refractivity contribution in [3.8, 4) is 0 Å². The maximum atomic E-state index is 14.6. The minimum Gasteiger partial charge on any atom is -0.355 e. The van der Waals surface area contributed by atoms with Gasteiger partial charge in [-0.25, -0.2) is 0 Å². The first kappa shape index (κ1) is 44.4. The van der Waals surface area contributed by atoms with Crippen molar-refractivity contribution in [2.45, 2.75) is 103 Å². The molecule has 0 spiro atoms. The van der Waals surface area contributed by atoms with E-state index in [-0.39, 0.29) is 47.7 Å². The number of nitrogens with zero attached hydrogens (tertiary/aromatic N) is 2. The Bertz CT molecular complexity index is 2380. The number of benzene rings is 2. The second-order valence-corrected chi connectivity index (χ2v) is 18.8. The van der Waals surface area contributed by atoms with Crippen LogP contribution in [-0.2, 0) is 40.1 Å². The third-order valence-electron chi connectivity index (χ3n) is 12.5. The molecule has 11 nitrogen and oxygen atoms in total. The molecule has 2 aromatic rings. The van der Waals surface area contributed by atoms with E-state index in [0.29, 0.717) is 13.1 Å². The maximum Gasteiger partial charge on any atom is 0.294 e. The number of fused-ring (bicyclic) bond motifs is 2. The van der Waals surface area contributed by atoms with Crippen molar-refractivity contribution in [3.05, 3.63) is 113 Å². The average Bonchev–Trinajstić information content (AvgIpc) is 3.72. The summed E-state index contributed by atoms with van der Waals surface area (Å²) >= 11 is 0. The molecule has 0 radical (unpaired) electrons. The zero-order chi connectivity index (χ0) is 43.6. The van der Waals surface area contributed by atoms with E-state index in [1.54, 1.807) is 6.07 Å². The van der Waals surface area contributed by atoms with Crippen LogP contribution in [0.1, 0.15) is 98.1 Å². The highest BCUT2D eigenvalue weighted by Crippen LogP contribution is 2.49. The fourth-order valence-corrected chi connectivity index (χ4v) is 9.74. The predicted molar refractivity (Wildman–Crippen MR) is 235 cm³/mol. The number of amides is 2. The zero-order valence-corrected chi connectivity index (χ0v) is 36.7. The van der Waals surface area contributed by atoms with Crippen molar-refractivity contribution in [1.29, 1.82) is 0 Å². The smallest absolute Gasteiger partial charge is 0.294 e. The summed E-state index contributed by atoms with van der Waals surface area (Å²) in [7, 11) is -4.43. The second kappa shape index (κ2) is 17.4. The Morgan fingerprint density at radius 2 is 1.58 bits per heavy atom. The second-order valence-electron chi connectivity index (χ2n) is 17.3. The van der Waals surface area contributed by atoms with Gasteiger partial charge in [0.05, 0.1) is 16.2 Å². The van der Waals surface area contributed by atoms with Crippen LogP contribution in [0.2, 0.25) is 0 Å². The first-order valence-corrected chi connectivity index (χ1v) is 22.6. The number of carbonyl (C=O) groups is 4. The summed E-state index contributed by atoms with van der Waals surface area (Å²) < 4.78 is 36.6. The summed E-state index contributed by atoms with van der Waals surface area (Å²) in [6.07, 6.45) is 15.8. The number of ketones is 2. The number of hydrogen-bond donors (Lipinski definition) is 3. The van der Waals surface area contributed by atoms with Crippen molar-refractivity contribution in [2.24, 2.45) is 11.3 Å². The molecule has 2 heterocycles. The van der Waals surface area contributed by atoms with Gasteiger partial charge in [-0.3, -0.25) is 23.7 Å². The Labute approximate surface area is 354 Å². The lowest BCUT2D eigenvalue weighted by atomic mass is 9.70. The summed E-state index contributed by atoms with van der Waals surface area (Å²) in [5.74, 6) is -2.32. The Kier molecular flexibility index (Phi) is 12.9. The first-order chi connectivity index (χ1) is 28.4. The Balaban J connectivity index is 1.45. The molecule has 6 rings (SSSR count). The molecule has 0 aromatic heterocycles. The van der Waals surface area contributed by atoms with Crippen molar-refractivity contribution >= 4 is 50.6 Å². The van der Waals surface area contributed by atoms with Gasteiger partial charge in [-0.2, -0.15) is 13.0 Å². The van der Waals surface area contributed by atoms with E-state index in [2.05, 4.69) is 78.1 Å². The maximum absolute atomic E-state index is 14.6. The van der Waals surface area contributed by atoms with Crippen molar-refractivity contribution in [3.63, 3.8) is 0 Å². The van der Waals surface area contributed by atoms with E-state index in [0.717, 1.165) is 59.6 Å². The SMILES string of the molecule is CCCC[N+]1=C(/C=C/C2=CC(=C/C=C3/N(CCC)c4ccc(S(=O)(=O)O)cc4C3(C)C)/CC(C(=O)NCC)(C(=O)NCCC3C(=O)C=CC3=O)C2)C(C)(C)c2ccccc21. The Morgan fingerprint density at radius 3 is 2.25 bits per heavy atom. The molecule has 2 aromatic carbocycles. The molecule has 2 aliphatic heterocycles. The van der Waals surface area contributed by atoms with Gasteiger partial charge in [-0.1, -0.05) is 70.5 Å². The van der Waals surface area contributed by atoms with Crippen LogP contribution in [0.3, 0.4) is 0 Å². The van der Waals surface area contributed by atoms with Gasteiger partial charge in [0.15, 0.2) is 17.3 Å². The molecule has 0 bridgehead atoms. The molecule has 0 fully saturated rings. The monoisotopic (exact) mass is 835 g/mol. The number of hydrogen-bond acceptors (Lipinski definition) is 7. The van der Waals surface area contributed by atoms with E-state index < -0.39 is 38.7 Å². The number of carbonyl (C=O) groups excluding carboxylic acids is 4. The molecule has 2 amide bonds. The lowest BCUT2D eigenvalue weighted by Gasteiger charge is -2.35. The van der Waals surface area contributed by atoms with Gasteiger partial charge in [0, 0.05) is 60.6 Å². The molecule has 3 N–H and O–H groups in total. The standard InChI is InChI=1S/C48H58N4O7S/c1-8-11-27-52-38-15-13-12-14-36(38)46(4,5)42(52)22-16-32-28-33(17-23-43-47(6,7)37-29-34(60(57,58)59)18-19-39(37)51(43)26-9-2)31-48(30-32,44(55)49-10-3)45(56)50-25-24-35-40(53)20-21-41(35)54/h12-23,28-29,35H,8-11,24-27,30-31H2,1-7H3,(H2-,49,50,55,56,57,58,59)/p+1. The highest BCUT2D eigenvalue weighted by Gasteiger charge is 2.49. The number of anilines is 1. The lowest BCUT2D eigenvalue weighted by molar-refractivity contribution is -0.438. The van der Waals surface area contributed by atoms with Crippen molar-refractivity contribution in [1.82, 2.24) is 10.6 Å². The van der Waals surface area contributed by atoms with Crippen LogP contribution < -0.4 is 15.5 Å². The van der Waals surface area contributed by atoms with E-state index in [1.807, 2.05) is 45.1 Å². The van der Waals surface area contributed by atoms with Crippen LogP contribution >= 0.6 is 0 Å². The third kappa shape index (κ3) is 8.41. The molecule has 4 aliphatic rings. The predicted octanol–water partition coefficient (Wildman–Crippen LogP) is 7.36. The van der Waals surface area contributed by atoms with Crippen LogP contribution in [-0.4, -0.2) is 72.8 Å². The van der Waals surface area contributed by atoms with Gasteiger partial charge in [-0.05, 0) is 99.6 Å². The van der Waals surface area contributed by atoms with Crippen LogP contribution in [0.25, 0.3) is 0 Å². The Morgan fingerprint density at radius 1 is 0.883 bits per heavy atom. The minimum absolute atomic E-state index is 0.0442. The van der Waals surface area contributed by atoms with Gasteiger partial charge in [0.2, 0.25) is 17.5 Å². The van der Waals surface area contributed by atoms with Gasteiger partial charge in [-0.15, -0.1) is 0 Å². The van der Waals surface area contributed by atoms with Crippen LogP contribution in [0.4, 0.5) is 11.4 Å². The van der Waals surface area contributed by atoms with E-state index in [1.165, 1.54) is 35.5 Å². The van der Waals surface area contributed by atoms with Crippen molar-refractivity contribution < 1.29 is 36.7 Å². The average molecular weight is 836 g/mol. The normalized spacial score (nSPS) is 22.3. The van der Waals surface area contributed by atoms with Crippen LogP contribution in [0.5, 0.6) is 0 Å². The van der Waals surface area contributed by atoms with Crippen molar-refractivity contribution in [2.75, 3.05) is 31.1 Å². The van der Waals surface area contributed by atoms with Gasteiger partial charge in [0.25, 0.3) is 10.1 Å². The number of allylic oxidation sites excluding steroid dienone is 10. The zero-order valence-electron chi connectivity index (χ0n) is 35.9. The topological polar surface area (TPSA) is 153 Å². The summed E-state index contributed by atoms with van der Waals surface area (Å²) in [5, 5.41) is 5.88. The quantitative estimate of drug-likeness (QED) is 0.0957. The highest BCUT2D eigenvalue weighted by molar-refractivity contribution is 7.85. The fourth-order valence-electron chi connectivity index (χ4n) is 9.24. The summed E-state index contributed by atoms with van der Waals surface area (Å²) in [6, 6.07) is 13.1. The molecular formula is C48H59N4O7S+. The van der Waals surface area contributed by atoms with E-state index >= 15 is 0 Å². The lowest BCUT2D eigenvalue weighted by Crippen LogP contribution is -2.53. The van der Waals surface area contributed by atoms with Gasteiger partial charge in [0.1, 0.15) is 12.0 Å². The van der Waals surface area contributed by atoms with Gasteiger partial charge < -0.3 is 15.5 Å². The van der Waals surface area contributed by atoms with Gasteiger partial charge >= 0.3 is 0 Å². The van der Waals surface area contributed by atoms with E-state index in [4.69, 9.17) is 0 Å². The molecule has 318 valence electrons. The molecular weight excluding hydrogens is 777 g/mol. The number of rotatable bonds is 15. The minimum atomic E-state index is -4.43. The first-order valence-electron chi connectivity index (χ1n) is 21.2. The Hall–Kier alpha value is -5.20. The molecule has 60 heavy (non-hydrogen) atoms. The van der Waals surface area contributed by atoms with Crippen LogP contribution in [0, 0.1) is 11.3 Å². The number of unbranched alkanes of at least 4 members (excludes halogenated alkanes) is 1. The van der Waals surface area contributed by atoms with E-state index in [9.17, 15) is 32.1 Å². The molecule has 2 aliphatic carbocycles. The highest BCUT2D eigenvalue weighted by atomic mass is 32.2. The summed E-state index contributed by atoms with van der Waals surface area (Å²) in [6.45, 7) is 16.4. The summed E-state index contributed by atoms with van der Waals surface area (Å²) in [4.78, 5) is 55.6. The number of para-hydroxylation sites is 1. The fraction of sp³-hybridized carbons (Fsp3) is 0.438. The largest absolute Gasteiger partial charge is 0.355 e. The summed E-state index contributed by atoms with van der Waals surface area (Å²) in [5.41, 5.74) is 5.02. The molecule has 0 saturated carbocycles.